The fourth-order valence-electron chi connectivity index (χ4n) is 2.74. The molecule has 0 saturated carbocycles. The summed E-state index contributed by atoms with van der Waals surface area (Å²) < 4.78 is 18.2. The van der Waals surface area contributed by atoms with Gasteiger partial charge in [-0.3, -0.25) is 9.59 Å². The second kappa shape index (κ2) is 11.1. The van der Waals surface area contributed by atoms with Crippen LogP contribution in [-0.2, 0) is 32.1 Å². The monoisotopic (exact) mass is 414 g/mol. The first-order valence-electron chi connectivity index (χ1n) is 9.82. The summed E-state index contributed by atoms with van der Waals surface area (Å²) in [5, 5.41) is 5.33. The summed E-state index contributed by atoms with van der Waals surface area (Å²) in [7, 11) is 0. The highest BCUT2D eigenvalue weighted by atomic mass is 19.1. The van der Waals surface area contributed by atoms with E-state index in [0.717, 1.165) is 11.1 Å². The molecule has 30 heavy (non-hydrogen) atoms. The van der Waals surface area contributed by atoms with E-state index >= 15 is 0 Å². The summed E-state index contributed by atoms with van der Waals surface area (Å²) in [5.41, 5.74) is 1.55. The molecule has 2 aromatic carbocycles. The first-order chi connectivity index (χ1) is 14.3. The standard InChI is InChI=1S/C23H27FN2O4/c1-15(2)21(26-20(27)13-17-7-5-4-6-8-17)23(29)30-16(3)22(28)25-14-18-9-11-19(24)12-10-18/h4-12,15-16,21H,13-14H2,1-3H3,(H,25,28)(H,26,27)/t16-,21+/m1/s1. The molecule has 6 nitrogen and oxygen atoms in total. The Kier molecular flexibility index (Phi) is 8.53. The first-order valence-corrected chi connectivity index (χ1v) is 9.82. The number of carbonyl (C=O) groups is 3. The van der Waals surface area contributed by atoms with Crippen molar-refractivity contribution in [3.05, 3.63) is 71.5 Å². The van der Waals surface area contributed by atoms with Crippen molar-refractivity contribution in [3.8, 4) is 0 Å². The topological polar surface area (TPSA) is 84.5 Å². The zero-order valence-electron chi connectivity index (χ0n) is 17.4. The Morgan fingerprint density at radius 2 is 1.57 bits per heavy atom. The number of amides is 2. The maximum atomic E-state index is 12.9. The first kappa shape index (κ1) is 23.1. The third-order valence-corrected chi connectivity index (χ3v) is 4.49. The summed E-state index contributed by atoms with van der Waals surface area (Å²) in [6, 6.07) is 14.0. The van der Waals surface area contributed by atoms with Crippen molar-refractivity contribution in [2.45, 2.75) is 45.9 Å². The van der Waals surface area contributed by atoms with Gasteiger partial charge < -0.3 is 15.4 Å². The van der Waals surface area contributed by atoms with Crippen LogP contribution in [0.1, 0.15) is 31.9 Å². The molecule has 2 atom stereocenters. The van der Waals surface area contributed by atoms with Gasteiger partial charge in [0.25, 0.3) is 5.91 Å². The van der Waals surface area contributed by atoms with Gasteiger partial charge in [0, 0.05) is 6.54 Å². The zero-order valence-corrected chi connectivity index (χ0v) is 17.4. The number of hydrogen-bond acceptors (Lipinski definition) is 4. The van der Waals surface area contributed by atoms with Crippen LogP contribution in [0.15, 0.2) is 54.6 Å². The lowest BCUT2D eigenvalue weighted by molar-refractivity contribution is -0.158. The summed E-state index contributed by atoms with van der Waals surface area (Å²) in [6.45, 7) is 5.21. The van der Waals surface area contributed by atoms with E-state index in [4.69, 9.17) is 4.74 Å². The van der Waals surface area contributed by atoms with Gasteiger partial charge in [-0.2, -0.15) is 0 Å². The fraction of sp³-hybridized carbons (Fsp3) is 0.348. The van der Waals surface area contributed by atoms with Gasteiger partial charge in [-0.15, -0.1) is 0 Å². The number of hydrogen-bond donors (Lipinski definition) is 2. The lowest BCUT2D eigenvalue weighted by Crippen LogP contribution is -2.48. The van der Waals surface area contributed by atoms with Crippen molar-refractivity contribution < 1.29 is 23.5 Å². The van der Waals surface area contributed by atoms with E-state index in [1.165, 1.54) is 19.1 Å². The molecule has 160 valence electrons. The van der Waals surface area contributed by atoms with Crippen molar-refractivity contribution in [1.29, 1.82) is 0 Å². The summed E-state index contributed by atoms with van der Waals surface area (Å²) in [5.74, 6) is -2.03. The minimum absolute atomic E-state index is 0.144. The van der Waals surface area contributed by atoms with E-state index < -0.39 is 24.0 Å². The average Bonchev–Trinajstić information content (AvgIpc) is 2.71. The van der Waals surface area contributed by atoms with Gasteiger partial charge in [-0.25, -0.2) is 9.18 Å². The molecule has 2 N–H and O–H groups in total. The molecule has 7 heteroatoms. The molecule has 0 bridgehead atoms. The lowest BCUT2D eigenvalue weighted by Gasteiger charge is -2.23. The predicted molar refractivity (Wildman–Crippen MR) is 111 cm³/mol. The van der Waals surface area contributed by atoms with Gasteiger partial charge in [0.2, 0.25) is 5.91 Å². The van der Waals surface area contributed by atoms with Crippen LogP contribution in [0.25, 0.3) is 0 Å². The van der Waals surface area contributed by atoms with Gasteiger partial charge in [-0.1, -0.05) is 56.3 Å². The number of ether oxygens (including phenoxy) is 1. The number of halogens is 1. The Bertz CT molecular complexity index is 853. The Morgan fingerprint density at radius 1 is 0.933 bits per heavy atom. The highest BCUT2D eigenvalue weighted by Gasteiger charge is 2.28. The van der Waals surface area contributed by atoms with E-state index in [1.807, 2.05) is 30.3 Å². The van der Waals surface area contributed by atoms with Gasteiger partial charge in [0.1, 0.15) is 11.9 Å². The van der Waals surface area contributed by atoms with Crippen LogP contribution in [0.2, 0.25) is 0 Å². The maximum absolute atomic E-state index is 12.9. The maximum Gasteiger partial charge on any atom is 0.329 e. The number of esters is 1. The normalized spacial score (nSPS) is 12.7. The summed E-state index contributed by atoms with van der Waals surface area (Å²) >= 11 is 0. The van der Waals surface area contributed by atoms with Crippen LogP contribution in [-0.4, -0.2) is 29.9 Å². The van der Waals surface area contributed by atoms with E-state index in [2.05, 4.69) is 10.6 Å². The summed E-state index contributed by atoms with van der Waals surface area (Å²) in [6.07, 6.45) is -0.893. The van der Waals surface area contributed by atoms with Crippen molar-refractivity contribution in [3.63, 3.8) is 0 Å². The SMILES string of the molecule is CC(C)[C@H](NC(=O)Cc1ccccc1)C(=O)O[C@H](C)C(=O)NCc1ccc(F)cc1. The van der Waals surface area contributed by atoms with Crippen LogP contribution in [0, 0.1) is 11.7 Å². The van der Waals surface area contributed by atoms with E-state index in [-0.39, 0.29) is 30.6 Å². The highest BCUT2D eigenvalue weighted by molar-refractivity contribution is 5.88. The van der Waals surface area contributed by atoms with Crippen LogP contribution in [0.4, 0.5) is 4.39 Å². The van der Waals surface area contributed by atoms with Crippen LogP contribution >= 0.6 is 0 Å². The third kappa shape index (κ3) is 7.31. The van der Waals surface area contributed by atoms with Gasteiger partial charge in [0.15, 0.2) is 6.10 Å². The van der Waals surface area contributed by atoms with Crippen LogP contribution < -0.4 is 10.6 Å². The van der Waals surface area contributed by atoms with Crippen molar-refractivity contribution in [1.82, 2.24) is 10.6 Å². The van der Waals surface area contributed by atoms with Gasteiger partial charge >= 0.3 is 5.97 Å². The third-order valence-electron chi connectivity index (χ3n) is 4.49. The van der Waals surface area contributed by atoms with E-state index in [9.17, 15) is 18.8 Å². The fourth-order valence-corrected chi connectivity index (χ4v) is 2.74. The molecule has 0 aromatic heterocycles. The molecule has 0 aliphatic heterocycles. The molecule has 2 rings (SSSR count). The molecule has 0 fully saturated rings. The lowest BCUT2D eigenvalue weighted by atomic mass is 10.0. The second-order valence-electron chi connectivity index (χ2n) is 7.37. The number of nitrogens with one attached hydrogen (secondary N) is 2. The molecule has 0 unspecified atom stereocenters. The molecular formula is C23H27FN2O4. The highest BCUT2D eigenvalue weighted by Crippen LogP contribution is 2.08. The smallest absolute Gasteiger partial charge is 0.329 e. The zero-order chi connectivity index (χ0) is 22.1. The number of benzene rings is 2. The molecule has 0 aliphatic carbocycles. The second-order valence-corrected chi connectivity index (χ2v) is 7.37. The molecule has 0 radical (unpaired) electrons. The van der Waals surface area contributed by atoms with Gasteiger partial charge in [-0.05, 0) is 36.1 Å². The molecular weight excluding hydrogens is 387 g/mol. The van der Waals surface area contributed by atoms with E-state index in [1.54, 1.807) is 26.0 Å². The quantitative estimate of drug-likeness (QED) is 0.618. The predicted octanol–water partition coefficient (Wildman–Crippen LogP) is 2.76. The Balaban J connectivity index is 1.87. The van der Waals surface area contributed by atoms with Crippen molar-refractivity contribution >= 4 is 17.8 Å². The Hall–Kier alpha value is -3.22. The average molecular weight is 414 g/mol. The minimum atomic E-state index is -1.04. The molecule has 2 amide bonds. The molecule has 0 saturated heterocycles. The summed E-state index contributed by atoms with van der Waals surface area (Å²) in [4.78, 5) is 37.1. The van der Waals surface area contributed by atoms with E-state index in [0.29, 0.717) is 0 Å². The van der Waals surface area contributed by atoms with Gasteiger partial charge in [0.05, 0.1) is 6.42 Å². The minimum Gasteiger partial charge on any atom is -0.451 e. The van der Waals surface area contributed by atoms with Crippen molar-refractivity contribution in [2.75, 3.05) is 0 Å². The largest absolute Gasteiger partial charge is 0.451 e. The van der Waals surface area contributed by atoms with Crippen molar-refractivity contribution in [2.24, 2.45) is 5.92 Å². The van der Waals surface area contributed by atoms with Crippen LogP contribution in [0.3, 0.4) is 0 Å². The molecule has 2 aromatic rings. The molecule has 0 spiro atoms. The van der Waals surface area contributed by atoms with Crippen LogP contribution in [0.5, 0.6) is 0 Å². The number of rotatable bonds is 9. The number of carbonyl (C=O) groups excluding carboxylic acids is 3. The molecule has 0 aliphatic rings. The Labute approximate surface area is 175 Å². The molecule has 0 heterocycles. The Morgan fingerprint density at radius 3 is 2.17 bits per heavy atom.